The molecule has 0 aliphatic heterocycles. The smallest absolute Gasteiger partial charge is 0.327 e. The second-order valence-corrected chi connectivity index (χ2v) is 3.85. The van der Waals surface area contributed by atoms with Crippen LogP contribution in [0.15, 0.2) is 12.3 Å². The summed E-state index contributed by atoms with van der Waals surface area (Å²) < 4.78 is 0. The fraction of sp³-hybridized carbons (Fsp3) is 0.667. The molecular formula is C12H23N3O2. The van der Waals surface area contributed by atoms with E-state index in [-0.39, 0.29) is 0 Å². The normalized spacial score (nSPS) is 9.53. The van der Waals surface area contributed by atoms with Gasteiger partial charge in [0.1, 0.15) is 0 Å². The van der Waals surface area contributed by atoms with E-state index in [0.29, 0.717) is 6.54 Å². The molecule has 0 radical (unpaired) electrons. The molecule has 5 nitrogen and oxygen atoms in total. The lowest BCUT2D eigenvalue weighted by molar-refractivity contribution is -0.139. The Morgan fingerprint density at radius 3 is 2.29 bits per heavy atom. The summed E-state index contributed by atoms with van der Waals surface area (Å²) in [6.07, 6.45) is 5.39. The molecule has 5 heteroatoms. The van der Waals surface area contributed by atoms with Crippen LogP contribution in [0.3, 0.4) is 0 Å². The molecule has 17 heavy (non-hydrogen) atoms. The van der Waals surface area contributed by atoms with Crippen molar-refractivity contribution in [3.63, 3.8) is 0 Å². The lowest BCUT2D eigenvalue weighted by Crippen LogP contribution is -2.45. The first kappa shape index (κ1) is 15.5. The molecule has 0 saturated heterocycles. The third-order valence-electron chi connectivity index (χ3n) is 2.23. The zero-order valence-corrected chi connectivity index (χ0v) is 10.8. The Labute approximate surface area is 103 Å². The van der Waals surface area contributed by atoms with Gasteiger partial charge in [0, 0.05) is 12.2 Å². The average molecular weight is 241 g/mol. The summed E-state index contributed by atoms with van der Waals surface area (Å²) in [6, 6.07) is 0. The lowest BCUT2D eigenvalue weighted by Gasteiger charge is -2.10. The minimum atomic E-state index is -0.693. The number of amides is 2. The van der Waals surface area contributed by atoms with Crippen LogP contribution in [0.25, 0.3) is 0 Å². The number of carbonyl (C=O) groups excluding carboxylic acids is 2. The molecule has 0 spiro atoms. The monoisotopic (exact) mass is 241 g/mol. The standard InChI is InChI=1S/C12H23N3O2/c1-4-6-7-8-9-10(3)14-15-12(17)11(16)13-5-2/h14H,3-9H2,1-2H3,(H,13,16)(H,15,17). The highest BCUT2D eigenvalue weighted by atomic mass is 16.2. The summed E-state index contributed by atoms with van der Waals surface area (Å²) in [4.78, 5) is 22.2. The molecule has 0 bridgehead atoms. The molecule has 0 unspecified atom stereocenters. The highest BCUT2D eigenvalue weighted by Gasteiger charge is 2.10. The summed E-state index contributed by atoms with van der Waals surface area (Å²) in [5.74, 6) is -1.33. The molecule has 0 aliphatic rings. The second-order valence-electron chi connectivity index (χ2n) is 3.85. The van der Waals surface area contributed by atoms with Gasteiger partial charge in [-0.3, -0.25) is 15.0 Å². The van der Waals surface area contributed by atoms with Gasteiger partial charge < -0.3 is 10.7 Å². The fourth-order valence-corrected chi connectivity index (χ4v) is 1.27. The Balaban J connectivity index is 3.62. The topological polar surface area (TPSA) is 70.2 Å². The zero-order valence-electron chi connectivity index (χ0n) is 10.8. The van der Waals surface area contributed by atoms with Gasteiger partial charge in [0.15, 0.2) is 0 Å². The van der Waals surface area contributed by atoms with Gasteiger partial charge in [-0.05, 0) is 19.8 Å². The number of hydrogen-bond acceptors (Lipinski definition) is 3. The molecule has 0 aromatic heterocycles. The van der Waals surface area contributed by atoms with Gasteiger partial charge >= 0.3 is 11.8 Å². The molecule has 0 aliphatic carbocycles. The molecule has 0 rings (SSSR count). The molecular weight excluding hydrogens is 218 g/mol. The number of carbonyl (C=O) groups is 2. The van der Waals surface area contributed by atoms with Crippen LogP contribution in [-0.2, 0) is 9.59 Å². The molecule has 98 valence electrons. The summed E-state index contributed by atoms with van der Waals surface area (Å²) in [5, 5.41) is 2.41. The number of nitrogens with one attached hydrogen (secondary N) is 3. The van der Waals surface area contributed by atoms with E-state index in [1.165, 1.54) is 12.8 Å². The van der Waals surface area contributed by atoms with Crippen LogP contribution >= 0.6 is 0 Å². The fourth-order valence-electron chi connectivity index (χ4n) is 1.27. The SMILES string of the molecule is C=C(CCCCCC)NNC(=O)C(=O)NCC. The predicted octanol–water partition coefficient (Wildman–Crippen LogP) is 1.23. The van der Waals surface area contributed by atoms with Gasteiger partial charge in [-0.25, -0.2) is 0 Å². The van der Waals surface area contributed by atoms with Gasteiger partial charge in [0.25, 0.3) is 0 Å². The molecule has 0 aromatic carbocycles. The van der Waals surface area contributed by atoms with Gasteiger partial charge in [-0.15, -0.1) is 0 Å². The van der Waals surface area contributed by atoms with E-state index in [9.17, 15) is 9.59 Å². The van der Waals surface area contributed by atoms with Crippen LogP contribution in [0.5, 0.6) is 0 Å². The van der Waals surface area contributed by atoms with Crippen molar-refractivity contribution >= 4 is 11.8 Å². The second kappa shape index (κ2) is 9.69. The van der Waals surface area contributed by atoms with Crippen molar-refractivity contribution in [1.29, 1.82) is 0 Å². The number of rotatable bonds is 8. The Morgan fingerprint density at radius 2 is 1.71 bits per heavy atom. The van der Waals surface area contributed by atoms with Crippen molar-refractivity contribution < 1.29 is 9.59 Å². The van der Waals surface area contributed by atoms with Crippen molar-refractivity contribution in [1.82, 2.24) is 16.2 Å². The van der Waals surface area contributed by atoms with Crippen molar-refractivity contribution in [2.45, 2.75) is 46.0 Å². The van der Waals surface area contributed by atoms with Crippen LogP contribution in [-0.4, -0.2) is 18.4 Å². The van der Waals surface area contributed by atoms with E-state index in [4.69, 9.17) is 0 Å². The molecule has 0 heterocycles. The maximum absolute atomic E-state index is 11.2. The molecule has 0 saturated carbocycles. The van der Waals surface area contributed by atoms with E-state index >= 15 is 0 Å². The zero-order chi connectivity index (χ0) is 13.1. The van der Waals surface area contributed by atoms with Crippen molar-refractivity contribution in [2.24, 2.45) is 0 Å². The number of hydrogen-bond donors (Lipinski definition) is 3. The summed E-state index contributed by atoms with van der Waals surface area (Å²) in [5.41, 5.74) is 5.67. The van der Waals surface area contributed by atoms with Gasteiger partial charge in [0.05, 0.1) is 0 Å². The summed E-state index contributed by atoms with van der Waals surface area (Å²) in [7, 11) is 0. The van der Waals surface area contributed by atoms with Crippen molar-refractivity contribution in [3.05, 3.63) is 12.3 Å². The number of unbranched alkanes of at least 4 members (excludes halogenated alkanes) is 3. The molecule has 3 N–H and O–H groups in total. The highest BCUT2D eigenvalue weighted by molar-refractivity contribution is 6.34. The Kier molecular flexibility index (Phi) is 8.82. The highest BCUT2D eigenvalue weighted by Crippen LogP contribution is 2.05. The first-order valence-corrected chi connectivity index (χ1v) is 6.13. The Morgan fingerprint density at radius 1 is 1.00 bits per heavy atom. The first-order valence-electron chi connectivity index (χ1n) is 6.13. The van der Waals surface area contributed by atoms with Crippen molar-refractivity contribution in [2.75, 3.05) is 6.54 Å². The third kappa shape index (κ3) is 8.30. The first-order chi connectivity index (χ1) is 8.11. The van der Waals surface area contributed by atoms with E-state index < -0.39 is 11.8 Å². The van der Waals surface area contributed by atoms with Crippen LogP contribution in [0.1, 0.15) is 46.0 Å². The molecule has 0 fully saturated rings. The van der Waals surface area contributed by atoms with Crippen LogP contribution < -0.4 is 16.2 Å². The average Bonchev–Trinajstić information content (AvgIpc) is 2.32. The molecule has 0 aromatic rings. The van der Waals surface area contributed by atoms with E-state index in [1.54, 1.807) is 6.92 Å². The van der Waals surface area contributed by atoms with Gasteiger partial charge in [-0.2, -0.15) is 0 Å². The lowest BCUT2D eigenvalue weighted by atomic mass is 10.1. The van der Waals surface area contributed by atoms with E-state index in [1.807, 2.05) is 0 Å². The van der Waals surface area contributed by atoms with Gasteiger partial charge in [-0.1, -0.05) is 32.8 Å². The molecule has 0 atom stereocenters. The predicted molar refractivity (Wildman–Crippen MR) is 67.9 cm³/mol. The van der Waals surface area contributed by atoms with Gasteiger partial charge in [0.2, 0.25) is 0 Å². The van der Waals surface area contributed by atoms with Crippen molar-refractivity contribution in [3.8, 4) is 0 Å². The van der Waals surface area contributed by atoms with Crippen LogP contribution in [0.4, 0.5) is 0 Å². The van der Waals surface area contributed by atoms with Crippen LogP contribution in [0, 0.1) is 0 Å². The largest absolute Gasteiger partial charge is 0.348 e. The number of allylic oxidation sites excluding steroid dienone is 1. The minimum Gasteiger partial charge on any atom is -0.348 e. The summed E-state index contributed by atoms with van der Waals surface area (Å²) in [6.45, 7) is 8.11. The number of hydrazine groups is 1. The van der Waals surface area contributed by atoms with E-state index in [2.05, 4.69) is 29.7 Å². The Bertz CT molecular complexity index is 264. The van der Waals surface area contributed by atoms with Crippen LogP contribution in [0.2, 0.25) is 0 Å². The maximum Gasteiger partial charge on any atom is 0.327 e. The number of likely N-dealkylation sites (N-methyl/N-ethyl adjacent to an activating group) is 1. The Hall–Kier alpha value is -1.52. The third-order valence-corrected chi connectivity index (χ3v) is 2.23. The minimum absolute atomic E-state index is 0.435. The van der Waals surface area contributed by atoms with E-state index in [0.717, 1.165) is 25.0 Å². The summed E-state index contributed by atoms with van der Waals surface area (Å²) >= 11 is 0. The maximum atomic E-state index is 11.2. The quantitative estimate of drug-likeness (QED) is 0.340. The molecule has 2 amide bonds.